The van der Waals surface area contributed by atoms with Crippen molar-refractivity contribution in [1.82, 2.24) is 4.90 Å². The maximum Gasteiger partial charge on any atom is 0.328 e. The zero-order chi connectivity index (χ0) is 14.3. The van der Waals surface area contributed by atoms with Gasteiger partial charge in [0.05, 0.1) is 6.61 Å². The molecule has 1 aromatic rings. The number of carboxylic acids is 1. The lowest BCUT2D eigenvalue weighted by atomic mass is 10.1. The summed E-state index contributed by atoms with van der Waals surface area (Å²) >= 11 is 0. The summed E-state index contributed by atoms with van der Waals surface area (Å²) in [7, 11) is 3.74. The van der Waals surface area contributed by atoms with E-state index in [0.29, 0.717) is 12.6 Å². The van der Waals surface area contributed by atoms with Crippen molar-refractivity contribution < 1.29 is 14.6 Å². The topological polar surface area (TPSA) is 49.8 Å². The number of carboxylic acid groups (broad SMARTS) is 1. The van der Waals surface area contributed by atoms with E-state index in [1.54, 1.807) is 13.2 Å². The normalized spacial score (nSPS) is 13.1. The summed E-state index contributed by atoms with van der Waals surface area (Å²) in [5.41, 5.74) is 2.05. The van der Waals surface area contributed by atoms with E-state index in [4.69, 9.17) is 9.84 Å². The van der Waals surface area contributed by atoms with Crippen LogP contribution in [0, 0.1) is 0 Å². The highest BCUT2D eigenvalue weighted by Gasteiger charge is 2.09. The highest BCUT2D eigenvalue weighted by Crippen LogP contribution is 2.11. The second-order valence-corrected chi connectivity index (χ2v) is 4.64. The highest BCUT2D eigenvalue weighted by atomic mass is 16.5. The molecule has 0 aromatic heterocycles. The summed E-state index contributed by atoms with van der Waals surface area (Å²) in [6, 6.07) is 8.19. The molecular weight excluding hydrogens is 242 g/mol. The van der Waals surface area contributed by atoms with Crippen LogP contribution in [0.2, 0.25) is 0 Å². The van der Waals surface area contributed by atoms with Gasteiger partial charge in [0.1, 0.15) is 0 Å². The second kappa shape index (κ2) is 7.71. The van der Waals surface area contributed by atoms with Crippen LogP contribution in [0.4, 0.5) is 0 Å². The van der Waals surface area contributed by atoms with Crippen molar-refractivity contribution in [3.8, 4) is 0 Å². The van der Waals surface area contributed by atoms with Crippen molar-refractivity contribution >= 4 is 12.0 Å². The van der Waals surface area contributed by atoms with Gasteiger partial charge < -0.3 is 9.84 Å². The minimum Gasteiger partial charge on any atom is -0.478 e. The average molecular weight is 263 g/mol. The van der Waals surface area contributed by atoms with E-state index in [0.717, 1.165) is 23.7 Å². The average Bonchev–Trinajstić information content (AvgIpc) is 2.37. The monoisotopic (exact) mass is 263 g/mol. The van der Waals surface area contributed by atoms with Gasteiger partial charge in [0.25, 0.3) is 0 Å². The van der Waals surface area contributed by atoms with Gasteiger partial charge in [-0.15, -0.1) is 0 Å². The molecule has 1 unspecified atom stereocenters. The number of hydrogen-bond donors (Lipinski definition) is 1. The SMILES string of the molecule is COCC(C)N(C)Cc1cccc(C=CC(=O)O)c1. The van der Waals surface area contributed by atoms with Gasteiger partial charge in [-0.3, -0.25) is 4.90 Å². The molecule has 0 saturated heterocycles. The van der Waals surface area contributed by atoms with Crippen molar-refractivity contribution in [3.63, 3.8) is 0 Å². The lowest BCUT2D eigenvalue weighted by molar-refractivity contribution is -0.131. The van der Waals surface area contributed by atoms with Crippen molar-refractivity contribution in [2.24, 2.45) is 0 Å². The fraction of sp³-hybridized carbons (Fsp3) is 0.400. The van der Waals surface area contributed by atoms with Gasteiger partial charge in [0, 0.05) is 25.8 Å². The number of likely N-dealkylation sites (N-methyl/N-ethyl adjacent to an activating group) is 1. The van der Waals surface area contributed by atoms with Crippen LogP contribution in [0.5, 0.6) is 0 Å². The van der Waals surface area contributed by atoms with Crippen LogP contribution in [-0.2, 0) is 16.1 Å². The molecule has 0 saturated carbocycles. The van der Waals surface area contributed by atoms with Gasteiger partial charge in [-0.25, -0.2) is 4.79 Å². The van der Waals surface area contributed by atoms with E-state index in [9.17, 15) is 4.79 Å². The Morgan fingerprint density at radius 3 is 2.89 bits per heavy atom. The molecule has 1 aromatic carbocycles. The maximum atomic E-state index is 10.5. The van der Waals surface area contributed by atoms with E-state index < -0.39 is 5.97 Å². The fourth-order valence-electron chi connectivity index (χ4n) is 1.77. The third kappa shape index (κ3) is 5.68. The summed E-state index contributed by atoms with van der Waals surface area (Å²) in [5, 5.41) is 8.61. The molecule has 4 nitrogen and oxygen atoms in total. The Hall–Kier alpha value is -1.65. The Kier molecular flexibility index (Phi) is 6.25. The van der Waals surface area contributed by atoms with E-state index in [-0.39, 0.29) is 0 Å². The van der Waals surface area contributed by atoms with Gasteiger partial charge >= 0.3 is 5.97 Å². The van der Waals surface area contributed by atoms with Crippen LogP contribution < -0.4 is 0 Å². The largest absolute Gasteiger partial charge is 0.478 e. The number of rotatable bonds is 7. The molecule has 0 radical (unpaired) electrons. The second-order valence-electron chi connectivity index (χ2n) is 4.64. The minimum absolute atomic E-state index is 0.336. The van der Waals surface area contributed by atoms with Crippen LogP contribution in [0.1, 0.15) is 18.1 Å². The predicted molar refractivity (Wildman–Crippen MR) is 75.9 cm³/mol. The lowest BCUT2D eigenvalue weighted by Gasteiger charge is -2.24. The van der Waals surface area contributed by atoms with Crippen molar-refractivity contribution in [2.75, 3.05) is 20.8 Å². The fourth-order valence-corrected chi connectivity index (χ4v) is 1.77. The summed E-state index contributed by atoms with van der Waals surface area (Å²) in [6.45, 7) is 3.60. The predicted octanol–water partition coefficient (Wildman–Crippen LogP) is 2.25. The lowest BCUT2D eigenvalue weighted by Crippen LogP contribution is -2.32. The van der Waals surface area contributed by atoms with Crippen LogP contribution in [-0.4, -0.2) is 42.8 Å². The number of benzene rings is 1. The molecule has 4 heteroatoms. The first kappa shape index (κ1) is 15.4. The summed E-state index contributed by atoms with van der Waals surface area (Å²) in [6.07, 6.45) is 2.75. The third-order valence-electron chi connectivity index (χ3n) is 2.96. The summed E-state index contributed by atoms with van der Waals surface area (Å²) in [4.78, 5) is 12.7. The molecule has 1 N–H and O–H groups in total. The van der Waals surface area contributed by atoms with Crippen LogP contribution in [0.25, 0.3) is 6.08 Å². The number of ether oxygens (including phenoxy) is 1. The van der Waals surface area contributed by atoms with Crippen LogP contribution in [0.3, 0.4) is 0 Å². The highest BCUT2D eigenvalue weighted by molar-refractivity contribution is 5.85. The first-order chi connectivity index (χ1) is 9.02. The van der Waals surface area contributed by atoms with Crippen LogP contribution in [0.15, 0.2) is 30.3 Å². The third-order valence-corrected chi connectivity index (χ3v) is 2.96. The molecule has 0 aliphatic heterocycles. The van der Waals surface area contributed by atoms with E-state index in [2.05, 4.69) is 11.8 Å². The quantitative estimate of drug-likeness (QED) is 0.767. The van der Waals surface area contributed by atoms with Gasteiger partial charge in [-0.2, -0.15) is 0 Å². The zero-order valence-corrected chi connectivity index (χ0v) is 11.7. The Balaban J connectivity index is 2.69. The van der Waals surface area contributed by atoms with E-state index in [1.807, 2.05) is 31.3 Å². The van der Waals surface area contributed by atoms with E-state index >= 15 is 0 Å². The molecule has 0 spiro atoms. The standard InChI is InChI=1S/C15H21NO3/c1-12(11-19-3)16(2)10-14-6-4-5-13(9-14)7-8-15(17)18/h4-9,12H,10-11H2,1-3H3,(H,17,18). The van der Waals surface area contributed by atoms with Gasteiger partial charge in [-0.05, 0) is 31.2 Å². The number of nitrogens with zero attached hydrogens (tertiary/aromatic N) is 1. The van der Waals surface area contributed by atoms with Gasteiger partial charge in [0.15, 0.2) is 0 Å². The van der Waals surface area contributed by atoms with Crippen molar-refractivity contribution in [2.45, 2.75) is 19.5 Å². The number of methoxy groups -OCH3 is 1. The van der Waals surface area contributed by atoms with E-state index in [1.165, 1.54) is 0 Å². The first-order valence-corrected chi connectivity index (χ1v) is 6.22. The summed E-state index contributed by atoms with van der Waals surface area (Å²) in [5.74, 6) is -0.934. The number of aliphatic carboxylic acids is 1. The Bertz CT molecular complexity index is 443. The molecule has 104 valence electrons. The van der Waals surface area contributed by atoms with Crippen LogP contribution >= 0.6 is 0 Å². The minimum atomic E-state index is -0.934. The molecule has 0 bridgehead atoms. The summed E-state index contributed by atoms with van der Waals surface area (Å²) < 4.78 is 5.13. The van der Waals surface area contributed by atoms with Gasteiger partial charge in [-0.1, -0.05) is 24.3 Å². The molecule has 0 heterocycles. The first-order valence-electron chi connectivity index (χ1n) is 6.22. The zero-order valence-electron chi connectivity index (χ0n) is 11.7. The maximum absolute atomic E-state index is 10.5. The number of hydrogen-bond acceptors (Lipinski definition) is 3. The molecule has 0 aliphatic carbocycles. The molecule has 0 amide bonds. The Morgan fingerprint density at radius 2 is 2.26 bits per heavy atom. The van der Waals surface area contributed by atoms with Crippen molar-refractivity contribution in [3.05, 3.63) is 41.5 Å². The molecule has 19 heavy (non-hydrogen) atoms. The Labute approximate surface area is 114 Å². The number of carbonyl (C=O) groups is 1. The molecule has 0 aliphatic rings. The molecule has 1 rings (SSSR count). The van der Waals surface area contributed by atoms with Gasteiger partial charge in [0.2, 0.25) is 0 Å². The molecule has 1 atom stereocenters. The van der Waals surface area contributed by atoms with Crippen molar-refractivity contribution in [1.29, 1.82) is 0 Å². The molecule has 0 fully saturated rings. The Morgan fingerprint density at radius 1 is 1.53 bits per heavy atom. The smallest absolute Gasteiger partial charge is 0.328 e. The molecular formula is C15H21NO3.